The zero-order valence-corrected chi connectivity index (χ0v) is 15.5. The van der Waals surface area contributed by atoms with Gasteiger partial charge in [0, 0.05) is 24.5 Å². The zero-order valence-electron chi connectivity index (χ0n) is 15.5. The third kappa shape index (κ3) is 3.52. The van der Waals surface area contributed by atoms with E-state index in [-0.39, 0.29) is 12.5 Å². The van der Waals surface area contributed by atoms with Gasteiger partial charge in [-0.3, -0.25) is 9.78 Å². The van der Waals surface area contributed by atoms with Crippen LogP contribution in [-0.2, 0) is 6.54 Å². The van der Waals surface area contributed by atoms with E-state index < -0.39 is 0 Å². The van der Waals surface area contributed by atoms with Gasteiger partial charge in [0.05, 0.1) is 0 Å². The van der Waals surface area contributed by atoms with E-state index in [4.69, 9.17) is 4.52 Å². The number of aryl methyl sites for hydroxylation is 1. The number of imidazole rings is 1. The van der Waals surface area contributed by atoms with Crippen LogP contribution in [0, 0.1) is 6.92 Å². The van der Waals surface area contributed by atoms with Crippen LogP contribution in [0.1, 0.15) is 22.1 Å². The van der Waals surface area contributed by atoms with E-state index in [9.17, 15) is 4.79 Å². The Balaban J connectivity index is 1.50. The first kappa shape index (κ1) is 17.6. The average molecular weight is 374 g/mol. The van der Waals surface area contributed by atoms with Gasteiger partial charge in [-0.15, -0.1) is 0 Å². The fourth-order valence-electron chi connectivity index (χ4n) is 2.78. The molecule has 140 valence electrons. The molecule has 0 atom stereocenters. The van der Waals surface area contributed by atoms with Crippen molar-refractivity contribution < 1.29 is 9.32 Å². The highest BCUT2D eigenvalue weighted by Gasteiger charge is 2.21. The number of aromatic amines is 1. The van der Waals surface area contributed by atoms with E-state index >= 15 is 0 Å². The minimum absolute atomic E-state index is 0.172. The first-order valence-corrected chi connectivity index (χ1v) is 8.73. The summed E-state index contributed by atoms with van der Waals surface area (Å²) >= 11 is 0. The van der Waals surface area contributed by atoms with E-state index in [1.807, 2.05) is 49.4 Å². The summed E-state index contributed by atoms with van der Waals surface area (Å²) in [6.07, 6.45) is 1.66. The molecular weight excluding hydrogens is 356 g/mol. The van der Waals surface area contributed by atoms with Gasteiger partial charge in [0.25, 0.3) is 5.91 Å². The Morgan fingerprint density at radius 1 is 1.11 bits per heavy atom. The van der Waals surface area contributed by atoms with Crippen molar-refractivity contribution >= 4 is 5.91 Å². The molecular formula is C20H18N6O2. The maximum absolute atomic E-state index is 12.8. The lowest BCUT2D eigenvalue weighted by atomic mass is 10.2. The molecule has 3 aromatic heterocycles. The van der Waals surface area contributed by atoms with Crippen LogP contribution in [0.2, 0.25) is 0 Å². The third-order valence-corrected chi connectivity index (χ3v) is 4.22. The maximum Gasteiger partial charge on any atom is 0.274 e. The number of carbonyl (C=O) groups is 1. The van der Waals surface area contributed by atoms with Gasteiger partial charge in [-0.25, -0.2) is 4.98 Å². The number of H-pyrrole nitrogens is 1. The molecule has 0 bridgehead atoms. The lowest BCUT2D eigenvalue weighted by molar-refractivity contribution is 0.0763. The summed E-state index contributed by atoms with van der Waals surface area (Å²) in [5.41, 5.74) is 2.60. The highest BCUT2D eigenvalue weighted by molar-refractivity contribution is 5.93. The van der Waals surface area contributed by atoms with E-state index in [1.165, 1.54) is 4.90 Å². The van der Waals surface area contributed by atoms with E-state index in [1.54, 1.807) is 19.3 Å². The van der Waals surface area contributed by atoms with Crippen LogP contribution in [0.3, 0.4) is 0 Å². The summed E-state index contributed by atoms with van der Waals surface area (Å²) in [6.45, 7) is 2.00. The summed E-state index contributed by atoms with van der Waals surface area (Å²) in [5.74, 6) is 1.14. The molecule has 0 aliphatic rings. The van der Waals surface area contributed by atoms with Crippen LogP contribution in [-0.4, -0.2) is 42.9 Å². The van der Waals surface area contributed by atoms with Gasteiger partial charge in [-0.2, -0.15) is 4.98 Å². The number of hydrogen-bond acceptors (Lipinski definition) is 6. The standard InChI is InChI=1S/C20H18N6O2/c1-13-17(24-18(22-13)14-8-4-3-5-9-14)20(27)26(2)12-16-23-19(25-28-16)15-10-6-7-11-21-15/h3-11H,12H2,1-2H3,(H,22,24). The van der Waals surface area contributed by atoms with Gasteiger partial charge in [0.2, 0.25) is 11.7 Å². The van der Waals surface area contributed by atoms with Crippen LogP contribution in [0.4, 0.5) is 0 Å². The van der Waals surface area contributed by atoms with Crippen molar-refractivity contribution in [3.05, 3.63) is 72.0 Å². The number of nitrogens with one attached hydrogen (secondary N) is 1. The molecule has 0 fully saturated rings. The second-order valence-corrected chi connectivity index (χ2v) is 6.31. The molecule has 0 spiro atoms. The average Bonchev–Trinajstić information content (AvgIpc) is 3.35. The molecule has 4 aromatic rings. The number of carbonyl (C=O) groups excluding carboxylic acids is 1. The highest BCUT2D eigenvalue weighted by Crippen LogP contribution is 2.19. The minimum Gasteiger partial charge on any atom is -0.341 e. The molecule has 0 saturated heterocycles. The van der Waals surface area contributed by atoms with Crippen LogP contribution in [0.25, 0.3) is 22.9 Å². The summed E-state index contributed by atoms with van der Waals surface area (Å²) < 4.78 is 5.26. The predicted octanol–water partition coefficient (Wildman–Crippen LogP) is 3.10. The van der Waals surface area contributed by atoms with Gasteiger partial charge >= 0.3 is 0 Å². The Bertz CT molecular complexity index is 1090. The summed E-state index contributed by atoms with van der Waals surface area (Å²) in [7, 11) is 1.67. The molecule has 3 heterocycles. The van der Waals surface area contributed by atoms with Crippen molar-refractivity contribution in [1.82, 2.24) is 30.0 Å². The molecule has 4 rings (SSSR count). The number of rotatable bonds is 5. The summed E-state index contributed by atoms with van der Waals surface area (Å²) in [4.78, 5) is 30.5. The minimum atomic E-state index is -0.228. The quantitative estimate of drug-likeness (QED) is 0.576. The van der Waals surface area contributed by atoms with E-state index in [0.29, 0.717) is 34.6 Å². The monoisotopic (exact) mass is 374 g/mol. The SMILES string of the molecule is Cc1[nH]c(-c2ccccc2)nc1C(=O)N(C)Cc1nc(-c2ccccn2)no1. The molecule has 8 heteroatoms. The first-order valence-electron chi connectivity index (χ1n) is 8.73. The molecule has 1 aromatic carbocycles. The Kier molecular flexibility index (Phi) is 4.67. The second-order valence-electron chi connectivity index (χ2n) is 6.31. The number of nitrogens with zero attached hydrogens (tertiary/aromatic N) is 5. The van der Waals surface area contributed by atoms with Crippen molar-refractivity contribution in [2.45, 2.75) is 13.5 Å². The van der Waals surface area contributed by atoms with Crippen molar-refractivity contribution in [2.75, 3.05) is 7.05 Å². The molecule has 0 aliphatic carbocycles. The van der Waals surface area contributed by atoms with Crippen LogP contribution in [0.15, 0.2) is 59.3 Å². The fourth-order valence-corrected chi connectivity index (χ4v) is 2.78. The highest BCUT2D eigenvalue weighted by atomic mass is 16.5. The molecule has 0 radical (unpaired) electrons. The second kappa shape index (κ2) is 7.43. The topological polar surface area (TPSA) is 101 Å². The number of aromatic nitrogens is 5. The van der Waals surface area contributed by atoms with Gasteiger partial charge < -0.3 is 14.4 Å². The number of benzene rings is 1. The van der Waals surface area contributed by atoms with Gasteiger partial charge in [-0.1, -0.05) is 41.6 Å². The Hall–Kier alpha value is -3.81. The third-order valence-electron chi connectivity index (χ3n) is 4.22. The maximum atomic E-state index is 12.8. The van der Waals surface area contributed by atoms with Crippen LogP contribution >= 0.6 is 0 Å². The molecule has 1 N–H and O–H groups in total. The van der Waals surface area contributed by atoms with Crippen LogP contribution < -0.4 is 0 Å². The number of pyridine rings is 1. The molecule has 28 heavy (non-hydrogen) atoms. The van der Waals surface area contributed by atoms with E-state index in [2.05, 4.69) is 25.1 Å². The Labute approximate surface area is 161 Å². The Morgan fingerprint density at radius 3 is 2.64 bits per heavy atom. The number of hydrogen-bond donors (Lipinski definition) is 1. The lowest BCUT2D eigenvalue weighted by Crippen LogP contribution is -2.27. The van der Waals surface area contributed by atoms with Gasteiger partial charge in [0.1, 0.15) is 23.8 Å². The van der Waals surface area contributed by atoms with Crippen LogP contribution in [0.5, 0.6) is 0 Å². The first-order chi connectivity index (χ1) is 13.6. The fraction of sp³-hybridized carbons (Fsp3) is 0.150. The van der Waals surface area contributed by atoms with Gasteiger partial charge in [0.15, 0.2) is 0 Å². The van der Waals surface area contributed by atoms with Crippen molar-refractivity contribution in [2.24, 2.45) is 0 Å². The molecule has 8 nitrogen and oxygen atoms in total. The summed E-state index contributed by atoms with van der Waals surface area (Å²) in [6, 6.07) is 15.1. The Morgan fingerprint density at radius 2 is 1.89 bits per heavy atom. The molecule has 0 unspecified atom stereocenters. The summed E-state index contributed by atoms with van der Waals surface area (Å²) in [5, 5.41) is 3.92. The normalized spacial score (nSPS) is 10.8. The van der Waals surface area contributed by atoms with E-state index in [0.717, 1.165) is 5.56 Å². The molecule has 1 amide bonds. The molecule has 0 aliphatic heterocycles. The zero-order chi connectivity index (χ0) is 19.5. The van der Waals surface area contributed by atoms with Crippen molar-refractivity contribution in [3.8, 4) is 22.9 Å². The largest absolute Gasteiger partial charge is 0.341 e. The lowest BCUT2D eigenvalue weighted by Gasteiger charge is -2.13. The number of amides is 1. The predicted molar refractivity (Wildman–Crippen MR) is 102 cm³/mol. The van der Waals surface area contributed by atoms with Crippen molar-refractivity contribution in [1.29, 1.82) is 0 Å². The van der Waals surface area contributed by atoms with Crippen molar-refractivity contribution in [3.63, 3.8) is 0 Å². The molecule has 0 saturated carbocycles. The smallest absolute Gasteiger partial charge is 0.274 e. The van der Waals surface area contributed by atoms with Gasteiger partial charge in [-0.05, 0) is 19.1 Å².